The second-order valence-electron chi connectivity index (χ2n) is 3.76. The number of hydrogen-bond acceptors (Lipinski definition) is 3. The summed E-state index contributed by atoms with van der Waals surface area (Å²) in [4.78, 5) is 6.09. The molecule has 3 nitrogen and oxygen atoms in total. The molecule has 0 bridgehead atoms. The molecule has 0 N–H and O–H groups in total. The number of pyridine rings is 1. The van der Waals surface area contributed by atoms with Crippen molar-refractivity contribution in [3.05, 3.63) is 21.3 Å². The average molecular weight is 293 g/mol. The number of aromatic nitrogens is 1. The molecule has 0 aliphatic rings. The Kier molecular flexibility index (Phi) is 5.32. The summed E-state index contributed by atoms with van der Waals surface area (Å²) in [7, 11) is 0. The minimum absolute atomic E-state index is 0.172. The molecule has 0 fully saturated rings. The van der Waals surface area contributed by atoms with Gasteiger partial charge in [0.2, 0.25) is 0 Å². The van der Waals surface area contributed by atoms with E-state index in [1.54, 1.807) is 6.07 Å². The van der Waals surface area contributed by atoms with Gasteiger partial charge in [-0.25, -0.2) is 4.98 Å². The molecular weight excluding hydrogens is 281 g/mol. The molecule has 0 unspecified atom stereocenters. The summed E-state index contributed by atoms with van der Waals surface area (Å²) in [6, 6.07) is 3.83. The summed E-state index contributed by atoms with van der Waals surface area (Å²) in [5, 5.41) is 9.61. The van der Waals surface area contributed by atoms with Crippen molar-refractivity contribution < 1.29 is 0 Å². The second-order valence-corrected chi connectivity index (χ2v) is 4.93. The molecule has 0 aromatic carbocycles. The van der Waals surface area contributed by atoms with E-state index >= 15 is 0 Å². The Labute approximate surface area is 116 Å². The van der Waals surface area contributed by atoms with Gasteiger partial charge in [0.25, 0.3) is 0 Å². The van der Waals surface area contributed by atoms with Crippen molar-refractivity contribution in [3.8, 4) is 6.07 Å². The first-order valence-electron chi connectivity index (χ1n) is 5.12. The van der Waals surface area contributed by atoms with Crippen molar-refractivity contribution in [1.82, 2.24) is 4.98 Å². The monoisotopic (exact) mass is 291 g/mol. The van der Waals surface area contributed by atoms with Crippen LogP contribution in [0.3, 0.4) is 0 Å². The third-order valence-electron chi connectivity index (χ3n) is 2.23. The fraction of sp³-hybridized carbons (Fsp3) is 0.455. The maximum atomic E-state index is 8.63. The quantitative estimate of drug-likeness (QED) is 0.782. The van der Waals surface area contributed by atoms with Gasteiger partial charge in [-0.2, -0.15) is 5.26 Å². The molecule has 0 aliphatic heterocycles. The standard InChI is InChI=1S/C11H12Cl3N3/c1-7(2)17(5-3-4-15)11-9(13)6-8(12)10(14)16-11/h6-7H,3,5H2,1-2H3. The SMILES string of the molecule is CC(C)N(CCC#N)c1nc(Cl)c(Cl)cc1Cl. The molecule has 0 amide bonds. The first kappa shape index (κ1) is 14.4. The minimum atomic E-state index is 0.172. The normalized spacial score (nSPS) is 10.4. The first-order chi connectivity index (χ1) is 7.97. The summed E-state index contributed by atoms with van der Waals surface area (Å²) in [5.74, 6) is 0.561. The fourth-order valence-electron chi connectivity index (χ4n) is 1.42. The third-order valence-corrected chi connectivity index (χ3v) is 3.18. The minimum Gasteiger partial charge on any atom is -0.352 e. The van der Waals surface area contributed by atoms with Crippen molar-refractivity contribution >= 4 is 40.6 Å². The van der Waals surface area contributed by atoms with E-state index in [1.807, 2.05) is 18.7 Å². The lowest BCUT2D eigenvalue weighted by atomic mass is 10.2. The Morgan fingerprint density at radius 2 is 2.00 bits per heavy atom. The molecule has 1 rings (SSSR count). The predicted octanol–water partition coefficient (Wildman–Crippen LogP) is 4.17. The van der Waals surface area contributed by atoms with E-state index in [0.717, 1.165) is 0 Å². The molecule has 6 heteroatoms. The van der Waals surface area contributed by atoms with Gasteiger partial charge >= 0.3 is 0 Å². The van der Waals surface area contributed by atoms with Crippen LogP contribution in [-0.4, -0.2) is 17.6 Å². The Hall–Kier alpha value is -0.690. The smallest absolute Gasteiger partial charge is 0.150 e. The Bertz CT molecular complexity index is 440. The molecule has 1 aromatic heterocycles. The van der Waals surface area contributed by atoms with Crippen LogP contribution in [0.15, 0.2) is 6.07 Å². The van der Waals surface area contributed by atoms with Gasteiger partial charge < -0.3 is 4.90 Å². The first-order valence-corrected chi connectivity index (χ1v) is 6.26. The van der Waals surface area contributed by atoms with E-state index in [2.05, 4.69) is 11.1 Å². The van der Waals surface area contributed by atoms with Crippen LogP contribution in [0.2, 0.25) is 15.2 Å². The predicted molar refractivity (Wildman–Crippen MR) is 72.0 cm³/mol. The molecular formula is C11H12Cl3N3. The van der Waals surface area contributed by atoms with Crippen molar-refractivity contribution in [3.63, 3.8) is 0 Å². The van der Waals surface area contributed by atoms with Crippen LogP contribution in [-0.2, 0) is 0 Å². The van der Waals surface area contributed by atoms with Crippen LogP contribution >= 0.6 is 34.8 Å². The van der Waals surface area contributed by atoms with Crippen LogP contribution in [0.1, 0.15) is 20.3 Å². The van der Waals surface area contributed by atoms with Gasteiger partial charge in [0.1, 0.15) is 11.0 Å². The van der Waals surface area contributed by atoms with Crippen LogP contribution in [0, 0.1) is 11.3 Å². The number of halogens is 3. The van der Waals surface area contributed by atoms with Gasteiger partial charge in [-0.3, -0.25) is 0 Å². The highest BCUT2D eigenvalue weighted by molar-refractivity contribution is 6.42. The highest BCUT2D eigenvalue weighted by Crippen LogP contribution is 2.32. The average Bonchev–Trinajstić information content (AvgIpc) is 2.25. The summed E-state index contributed by atoms with van der Waals surface area (Å²) in [6.45, 7) is 4.55. The molecule has 92 valence electrons. The fourth-order valence-corrected chi connectivity index (χ4v) is 2.02. The van der Waals surface area contributed by atoms with E-state index in [1.165, 1.54) is 0 Å². The highest BCUT2D eigenvalue weighted by Gasteiger charge is 2.17. The maximum Gasteiger partial charge on any atom is 0.150 e. The number of rotatable bonds is 4. The molecule has 1 aromatic rings. The second kappa shape index (κ2) is 6.30. The van der Waals surface area contributed by atoms with Gasteiger partial charge in [0.05, 0.1) is 22.5 Å². The van der Waals surface area contributed by atoms with E-state index in [-0.39, 0.29) is 11.2 Å². The molecule has 0 saturated heterocycles. The lowest BCUT2D eigenvalue weighted by molar-refractivity contribution is 0.677. The lowest BCUT2D eigenvalue weighted by Gasteiger charge is -2.28. The van der Waals surface area contributed by atoms with E-state index in [4.69, 9.17) is 40.1 Å². The number of nitrogens with zero attached hydrogens (tertiary/aromatic N) is 3. The zero-order valence-corrected chi connectivity index (χ0v) is 11.8. The van der Waals surface area contributed by atoms with Gasteiger partial charge in [-0.15, -0.1) is 0 Å². The van der Waals surface area contributed by atoms with Crippen LogP contribution in [0.4, 0.5) is 5.82 Å². The summed E-state index contributed by atoms with van der Waals surface area (Å²) in [5.41, 5.74) is 0. The van der Waals surface area contributed by atoms with Crippen molar-refractivity contribution in [1.29, 1.82) is 5.26 Å². The number of nitriles is 1. The Morgan fingerprint density at radius 3 is 2.53 bits per heavy atom. The zero-order chi connectivity index (χ0) is 13.0. The van der Waals surface area contributed by atoms with E-state index in [9.17, 15) is 0 Å². The molecule has 17 heavy (non-hydrogen) atoms. The van der Waals surface area contributed by atoms with Crippen LogP contribution in [0.5, 0.6) is 0 Å². The molecule has 1 heterocycles. The maximum absolute atomic E-state index is 8.63. The molecule has 0 aliphatic carbocycles. The third kappa shape index (κ3) is 3.64. The molecule has 0 radical (unpaired) electrons. The van der Waals surface area contributed by atoms with Gasteiger partial charge in [0.15, 0.2) is 0 Å². The number of hydrogen-bond donors (Lipinski definition) is 0. The van der Waals surface area contributed by atoms with E-state index in [0.29, 0.717) is 28.8 Å². The summed E-state index contributed by atoms with van der Waals surface area (Å²) < 4.78 is 0. The van der Waals surface area contributed by atoms with Crippen LogP contribution < -0.4 is 4.90 Å². The molecule has 0 saturated carbocycles. The zero-order valence-electron chi connectivity index (χ0n) is 9.54. The number of anilines is 1. The van der Waals surface area contributed by atoms with Gasteiger partial charge in [-0.05, 0) is 19.9 Å². The largest absolute Gasteiger partial charge is 0.352 e. The van der Waals surface area contributed by atoms with Gasteiger partial charge in [-0.1, -0.05) is 34.8 Å². The Balaban J connectivity index is 3.10. The molecule has 0 spiro atoms. The van der Waals surface area contributed by atoms with Gasteiger partial charge in [0, 0.05) is 12.6 Å². The van der Waals surface area contributed by atoms with Crippen molar-refractivity contribution in [2.75, 3.05) is 11.4 Å². The summed E-state index contributed by atoms with van der Waals surface area (Å²) in [6.07, 6.45) is 0.399. The topological polar surface area (TPSA) is 39.9 Å². The van der Waals surface area contributed by atoms with Crippen molar-refractivity contribution in [2.24, 2.45) is 0 Å². The molecule has 0 atom stereocenters. The Morgan fingerprint density at radius 1 is 1.35 bits per heavy atom. The van der Waals surface area contributed by atoms with Crippen LogP contribution in [0.25, 0.3) is 0 Å². The highest BCUT2D eigenvalue weighted by atomic mass is 35.5. The van der Waals surface area contributed by atoms with E-state index < -0.39 is 0 Å². The van der Waals surface area contributed by atoms with Crippen molar-refractivity contribution in [2.45, 2.75) is 26.3 Å². The lowest BCUT2D eigenvalue weighted by Crippen LogP contribution is -2.32. The summed E-state index contributed by atoms with van der Waals surface area (Å²) >= 11 is 17.8.